The Kier molecular flexibility index (Phi) is 7.54. The highest BCUT2D eigenvalue weighted by atomic mass is 32.2. The van der Waals surface area contributed by atoms with Crippen LogP contribution in [0.2, 0.25) is 0 Å². The highest BCUT2D eigenvalue weighted by molar-refractivity contribution is 7.99. The lowest BCUT2D eigenvalue weighted by Crippen LogP contribution is -2.20. The van der Waals surface area contributed by atoms with Crippen LogP contribution in [-0.2, 0) is 11.0 Å². The molecule has 0 bridgehead atoms. The van der Waals surface area contributed by atoms with Crippen LogP contribution in [0.5, 0.6) is 0 Å². The maximum Gasteiger partial charge on any atom is 0.417 e. The number of benzene rings is 3. The van der Waals surface area contributed by atoms with Crippen LogP contribution in [0.1, 0.15) is 22.3 Å². The van der Waals surface area contributed by atoms with E-state index in [1.807, 2.05) is 66.9 Å². The molecule has 4 rings (SSSR count). The molecular weight excluding hydrogens is 487 g/mol. The monoisotopic (exact) mass is 509 g/mol. The van der Waals surface area contributed by atoms with E-state index in [0.29, 0.717) is 11.0 Å². The topological polar surface area (TPSA) is 72.2 Å². The summed E-state index contributed by atoms with van der Waals surface area (Å²) in [7, 11) is 0. The first-order chi connectivity index (χ1) is 17.2. The molecule has 1 heterocycles. The van der Waals surface area contributed by atoms with Crippen LogP contribution in [0, 0.1) is 13.8 Å². The Morgan fingerprint density at radius 3 is 2.28 bits per heavy atom. The van der Waals surface area contributed by atoms with Crippen LogP contribution in [0.25, 0.3) is 17.1 Å². The summed E-state index contributed by atoms with van der Waals surface area (Å²) in [5, 5.41) is 12.8. The molecule has 0 aliphatic rings. The molecule has 0 saturated heterocycles. The van der Waals surface area contributed by atoms with Crippen LogP contribution < -0.4 is 5.43 Å². The summed E-state index contributed by atoms with van der Waals surface area (Å²) in [6.45, 7) is 3.99. The minimum atomic E-state index is -4.52. The number of halogens is 3. The van der Waals surface area contributed by atoms with Crippen LogP contribution in [0.15, 0.2) is 83.1 Å². The van der Waals surface area contributed by atoms with Gasteiger partial charge in [-0.1, -0.05) is 77.5 Å². The van der Waals surface area contributed by atoms with Crippen molar-refractivity contribution in [1.82, 2.24) is 20.2 Å². The van der Waals surface area contributed by atoms with Crippen LogP contribution in [0.3, 0.4) is 0 Å². The van der Waals surface area contributed by atoms with Gasteiger partial charge in [0.15, 0.2) is 11.0 Å². The van der Waals surface area contributed by atoms with Crippen molar-refractivity contribution >= 4 is 23.9 Å². The number of carbonyl (C=O) groups excluding carboxylic acids is 1. The molecule has 10 heteroatoms. The van der Waals surface area contributed by atoms with E-state index in [9.17, 15) is 18.0 Å². The smallest absolute Gasteiger partial charge is 0.272 e. The molecule has 0 aliphatic heterocycles. The average molecular weight is 510 g/mol. The lowest BCUT2D eigenvalue weighted by Gasteiger charge is -2.11. The largest absolute Gasteiger partial charge is 0.417 e. The predicted octanol–water partition coefficient (Wildman–Crippen LogP) is 5.81. The molecule has 0 unspecified atom stereocenters. The fourth-order valence-electron chi connectivity index (χ4n) is 3.38. The van der Waals surface area contributed by atoms with Gasteiger partial charge in [0.05, 0.1) is 17.5 Å². The Balaban J connectivity index is 1.51. The van der Waals surface area contributed by atoms with Crippen LogP contribution >= 0.6 is 11.8 Å². The minimum absolute atomic E-state index is 0.0594. The number of nitrogens with one attached hydrogen (secondary N) is 1. The number of hydrazone groups is 1. The standard InChI is InChI=1S/C26H22F3N5OS/c1-17-7-11-19(12-8-17)24-32-33-25(34(24)21-13-9-18(2)10-14-21)36-16-23(35)31-30-15-20-5-3-4-6-22(20)26(27,28)29/h3-15H,16H2,1-2H3,(H,31,35). The van der Waals surface area contributed by atoms with Crippen molar-refractivity contribution < 1.29 is 18.0 Å². The Hall–Kier alpha value is -3.92. The van der Waals surface area contributed by atoms with Crippen LogP contribution in [-0.4, -0.2) is 32.6 Å². The van der Waals surface area contributed by atoms with E-state index in [-0.39, 0.29) is 11.3 Å². The second kappa shape index (κ2) is 10.8. The third-order valence-corrected chi connectivity index (χ3v) is 6.16. The lowest BCUT2D eigenvalue weighted by molar-refractivity contribution is -0.137. The van der Waals surface area contributed by atoms with E-state index < -0.39 is 17.6 Å². The number of hydrogen-bond donors (Lipinski definition) is 1. The van der Waals surface area contributed by atoms with Gasteiger partial charge in [0, 0.05) is 16.8 Å². The summed E-state index contributed by atoms with van der Waals surface area (Å²) >= 11 is 1.15. The average Bonchev–Trinajstić information content (AvgIpc) is 3.27. The van der Waals surface area contributed by atoms with E-state index in [1.165, 1.54) is 18.2 Å². The van der Waals surface area contributed by atoms with Gasteiger partial charge >= 0.3 is 6.18 Å². The normalized spacial score (nSPS) is 11.7. The fraction of sp³-hybridized carbons (Fsp3) is 0.154. The Labute approximate surface area is 210 Å². The zero-order valence-electron chi connectivity index (χ0n) is 19.5. The number of amides is 1. The third-order valence-electron chi connectivity index (χ3n) is 5.23. The Bertz CT molecular complexity index is 1380. The fourth-order valence-corrected chi connectivity index (χ4v) is 4.13. The first-order valence-electron chi connectivity index (χ1n) is 10.9. The van der Waals surface area contributed by atoms with Crippen molar-refractivity contribution in [2.75, 3.05) is 5.75 Å². The maximum absolute atomic E-state index is 13.1. The van der Waals surface area contributed by atoms with Gasteiger partial charge in [0.2, 0.25) is 0 Å². The van der Waals surface area contributed by atoms with Crippen molar-refractivity contribution in [2.45, 2.75) is 25.2 Å². The molecule has 184 valence electrons. The van der Waals surface area contributed by atoms with Crippen molar-refractivity contribution in [3.63, 3.8) is 0 Å². The number of carbonyl (C=O) groups is 1. The summed E-state index contributed by atoms with van der Waals surface area (Å²) < 4.78 is 41.2. The second-order valence-corrected chi connectivity index (χ2v) is 8.95. The molecule has 0 aliphatic carbocycles. The molecule has 0 atom stereocenters. The zero-order valence-corrected chi connectivity index (χ0v) is 20.3. The van der Waals surface area contributed by atoms with E-state index in [1.54, 1.807) is 0 Å². The molecule has 1 N–H and O–H groups in total. The number of aromatic nitrogens is 3. The molecule has 0 spiro atoms. The van der Waals surface area contributed by atoms with Gasteiger partial charge in [-0.25, -0.2) is 5.43 Å². The number of alkyl halides is 3. The third kappa shape index (κ3) is 6.01. The van der Waals surface area contributed by atoms with E-state index >= 15 is 0 Å². The summed E-state index contributed by atoms with van der Waals surface area (Å²) in [6, 6.07) is 20.7. The number of hydrogen-bond acceptors (Lipinski definition) is 5. The number of aryl methyl sites for hydroxylation is 2. The summed E-state index contributed by atoms with van der Waals surface area (Å²) in [4.78, 5) is 12.4. The molecule has 1 amide bonds. The molecule has 1 aromatic heterocycles. The van der Waals surface area contributed by atoms with E-state index in [2.05, 4.69) is 20.7 Å². The SMILES string of the molecule is Cc1ccc(-c2nnc(SCC(=O)NN=Cc3ccccc3C(F)(F)F)n2-c2ccc(C)cc2)cc1. The summed E-state index contributed by atoms with van der Waals surface area (Å²) in [6.07, 6.45) is -3.53. The lowest BCUT2D eigenvalue weighted by atomic mass is 10.1. The van der Waals surface area contributed by atoms with Crippen molar-refractivity contribution in [3.05, 3.63) is 95.1 Å². The second-order valence-electron chi connectivity index (χ2n) is 8.01. The van der Waals surface area contributed by atoms with E-state index in [0.717, 1.165) is 46.4 Å². The van der Waals surface area contributed by atoms with Crippen LogP contribution in [0.4, 0.5) is 13.2 Å². The first-order valence-corrected chi connectivity index (χ1v) is 11.9. The van der Waals surface area contributed by atoms with Crippen molar-refractivity contribution in [1.29, 1.82) is 0 Å². The highest BCUT2D eigenvalue weighted by Gasteiger charge is 2.32. The molecule has 6 nitrogen and oxygen atoms in total. The van der Waals surface area contributed by atoms with Gasteiger partial charge in [-0.05, 0) is 32.0 Å². The molecule has 0 fully saturated rings. The minimum Gasteiger partial charge on any atom is -0.272 e. The molecule has 0 radical (unpaired) electrons. The summed E-state index contributed by atoms with van der Waals surface area (Å²) in [5.74, 6) is 0.0792. The first kappa shape index (κ1) is 25.2. The maximum atomic E-state index is 13.1. The number of nitrogens with zero attached hydrogens (tertiary/aromatic N) is 4. The molecule has 3 aromatic carbocycles. The zero-order chi connectivity index (χ0) is 25.7. The molecule has 4 aromatic rings. The van der Waals surface area contributed by atoms with Gasteiger partial charge in [0.25, 0.3) is 5.91 Å². The van der Waals surface area contributed by atoms with Gasteiger partial charge in [0.1, 0.15) is 0 Å². The Morgan fingerprint density at radius 2 is 1.61 bits per heavy atom. The molecule has 36 heavy (non-hydrogen) atoms. The highest BCUT2D eigenvalue weighted by Crippen LogP contribution is 2.31. The number of thioether (sulfide) groups is 1. The van der Waals surface area contributed by atoms with Gasteiger partial charge in [-0.15, -0.1) is 10.2 Å². The number of rotatable bonds is 7. The molecule has 0 saturated carbocycles. The van der Waals surface area contributed by atoms with Crippen molar-refractivity contribution in [2.24, 2.45) is 5.10 Å². The predicted molar refractivity (Wildman–Crippen MR) is 134 cm³/mol. The van der Waals surface area contributed by atoms with Gasteiger partial charge in [-0.3, -0.25) is 9.36 Å². The van der Waals surface area contributed by atoms with Gasteiger partial charge < -0.3 is 0 Å². The van der Waals surface area contributed by atoms with Crippen molar-refractivity contribution in [3.8, 4) is 17.1 Å². The molecular formula is C26H22F3N5OS. The summed E-state index contributed by atoms with van der Waals surface area (Å²) in [5.41, 5.74) is 5.24. The quantitative estimate of drug-likeness (QED) is 0.194. The van der Waals surface area contributed by atoms with E-state index in [4.69, 9.17) is 0 Å². The Morgan fingerprint density at radius 1 is 0.972 bits per heavy atom. The van der Waals surface area contributed by atoms with Gasteiger partial charge in [-0.2, -0.15) is 18.3 Å².